The molecule has 1 aliphatic rings. The predicted molar refractivity (Wildman–Crippen MR) is 99.6 cm³/mol. The van der Waals surface area contributed by atoms with Gasteiger partial charge in [0, 0.05) is 25.2 Å². The van der Waals surface area contributed by atoms with Crippen LogP contribution in [0.25, 0.3) is 0 Å². The lowest BCUT2D eigenvalue weighted by Crippen LogP contribution is -2.34. The summed E-state index contributed by atoms with van der Waals surface area (Å²) in [5, 5.41) is 11.1. The van der Waals surface area contributed by atoms with Crippen molar-refractivity contribution in [3.8, 4) is 0 Å². The van der Waals surface area contributed by atoms with E-state index in [1.807, 2.05) is 0 Å². The van der Waals surface area contributed by atoms with Crippen molar-refractivity contribution in [1.29, 1.82) is 0 Å². The number of nitrogens with zero attached hydrogens (tertiary/aromatic N) is 2. The van der Waals surface area contributed by atoms with Crippen LogP contribution in [0.1, 0.15) is 36.3 Å². The number of aryl methyl sites for hydroxylation is 1. The van der Waals surface area contributed by atoms with E-state index in [0.29, 0.717) is 18.5 Å². The molecule has 0 radical (unpaired) electrons. The fourth-order valence-electron chi connectivity index (χ4n) is 3.45. The molecule has 0 bridgehead atoms. The monoisotopic (exact) mass is 392 g/mol. The summed E-state index contributed by atoms with van der Waals surface area (Å²) in [6.07, 6.45) is 2.39. The molecule has 2 aromatic carbocycles. The van der Waals surface area contributed by atoms with Gasteiger partial charge in [0.05, 0.1) is 9.82 Å². The van der Waals surface area contributed by atoms with Crippen LogP contribution in [-0.4, -0.2) is 30.7 Å². The topological polar surface area (TPSA) is 80.5 Å². The van der Waals surface area contributed by atoms with Crippen LogP contribution in [0.3, 0.4) is 0 Å². The van der Waals surface area contributed by atoms with Gasteiger partial charge in [-0.1, -0.05) is 24.6 Å². The van der Waals surface area contributed by atoms with Crippen LogP contribution in [0.5, 0.6) is 0 Å². The third kappa shape index (κ3) is 4.17. The van der Waals surface area contributed by atoms with Gasteiger partial charge in [0.2, 0.25) is 10.0 Å². The fraction of sp³-hybridized carbons (Fsp3) is 0.368. The highest BCUT2D eigenvalue weighted by Crippen LogP contribution is 2.31. The minimum Gasteiger partial charge on any atom is -0.258 e. The maximum atomic E-state index is 13.2. The van der Waals surface area contributed by atoms with Crippen LogP contribution in [-0.2, 0) is 10.0 Å². The first-order valence-corrected chi connectivity index (χ1v) is 10.2. The number of rotatable bonds is 4. The van der Waals surface area contributed by atoms with Crippen LogP contribution in [0.2, 0.25) is 0 Å². The summed E-state index contributed by atoms with van der Waals surface area (Å²) >= 11 is 0. The molecule has 0 spiro atoms. The second kappa shape index (κ2) is 7.74. The Hall–Kier alpha value is -2.32. The Morgan fingerprint density at radius 2 is 1.85 bits per heavy atom. The molecule has 1 heterocycles. The van der Waals surface area contributed by atoms with Gasteiger partial charge in [0.1, 0.15) is 5.82 Å². The third-order valence-corrected chi connectivity index (χ3v) is 6.98. The molecule has 6 nitrogen and oxygen atoms in total. The van der Waals surface area contributed by atoms with E-state index in [0.717, 1.165) is 24.5 Å². The van der Waals surface area contributed by atoms with E-state index < -0.39 is 14.9 Å². The molecule has 3 rings (SSSR count). The number of nitro benzene ring substituents is 1. The summed E-state index contributed by atoms with van der Waals surface area (Å²) < 4.78 is 41.0. The zero-order valence-electron chi connectivity index (χ0n) is 15.0. The average molecular weight is 392 g/mol. The van der Waals surface area contributed by atoms with Crippen LogP contribution >= 0.6 is 0 Å². The normalized spacial score (nSPS) is 18.8. The second-order valence-corrected chi connectivity index (χ2v) is 8.72. The van der Waals surface area contributed by atoms with Gasteiger partial charge in [-0.25, -0.2) is 12.8 Å². The van der Waals surface area contributed by atoms with Crippen LogP contribution in [0.15, 0.2) is 47.4 Å². The Balaban J connectivity index is 1.94. The number of non-ortho nitro benzene ring substituents is 1. The molecular formula is C19H21FN2O4S. The Morgan fingerprint density at radius 1 is 1.15 bits per heavy atom. The van der Waals surface area contributed by atoms with Crippen molar-refractivity contribution in [3.63, 3.8) is 0 Å². The summed E-state index contributed by atoms with van der Waals surface area (Å²) in [5.41, 5.74) is 1.13. The second-order valence-electron chi connectivity index (χ2n) is 6.81. The standard InChI is InChI=1S/C19H21FN2O4S/c1-14-5-10-18(22(23)24)12-19(14)27(25,26)21-11-3-2-4-16(13-21)15-6-8-17(20)9-7-15/h5-10,12,16H,2-4,11,13H2,1H3. The predicted octanol–water partition coefficient (Wildman–Crippen LogP) is 4.00. The van der Waals surface area contributed by atoms with Gasteiger partial charge < -0.3 is 0 Å². The summed E-state index contributed by atoms with van der Waals surface area (Å²) in [7, 11) is -3.87. The van der Waals surface area contributed by atoms with E-state index in [4.69, 9.17) is 0 Å². The zero-order chi connectivity index (χ0) is 19.6. The van der Waals surface area contributed by atoms with E-state index in [1.54, 1.807) is 19.1 Å². The number of hydrogen-bond donors (Lipinski definition) is 0. The van der Waals surface area contributed by atoms with Crippen LogP contribution in [0.4, 0.5) is 10.1 Å². The molecule has 8 heteroatoms. The summed E-state index contributed by atoms with van der Waals surface area (Å²) in [5.74, 6) is -0.369. The summed E-state index contributed by atoms with van der Waals surface area (Å²) in [6, 6.07) is 10.0. The minimum absolute atomic E-state index is 0.0311. The number of benzene rings is 2. The highest BCUT2D eigenvalue weighted by Gasteiger charge is 2.31. The van der Waals surface area contributed by atoms with Gasteiger partial charge in [0.25, 0.3) is 5.69 Å². The van der Waals surface area contributed by atoms with Crippen molar-refractivity contribution in [2.75, 3.05) is 13.1 Å². The molecule has 1 saturated heterocycles. The van der Waals surface area contributed by atoms with Gasteiger partial charge >= 0.3 is 0 Å². The van der Waals surface area contributed by atoms with E-state index in [9.17, 15) is 22.9 Å². The highest BCUT2D eigenvalue weighted by molar-refractivity contribution is 7.89. The van der Waals surface area contributed by atoms with E-state index >= 15 is 0 Å². The largest absolute Gasteiger partial charge is 0.270 e. The molecule has 27 heavy (non-hydrogen) atoms. The maximum Gasteiger partial charge on any atom is 0.270 e. The first-order valence-electron chi connectivity index (χ1n) is 8.79. The Labute approximate surface area is 157 Å². The number of nitro groups is 1. The Morgan fingerprint density at radius 3 is 2.52 bits per heavy atom. The van der Waals surface area contributed by atoms with E-state index in [2.05, 4.69) is 0 Å². The highest BCUT2D eigenvalue weighted by atomic mass is 32.2. The molecular weight excluding hydrogens is 371 g/mol. The zero-order valence-corrected chi connectivity index (χ0v) is 15.8. The molecule has 0 aromatic heterocycles. The lowest BCUT2D eigenvalue weighted by Gasteiger charge is -2.25. The quantitative estimate of drug-likeness (QED) is 0.582. The van der Waals surface area contributed by atoms with Crippen molar-refractivity contribution in [2.24, 2.45) is 0 Å². The molecule has 1 aliphatic heterocycles. The fourth-order valence-corrected chi connectivity index (χ4v) is 5.22. The molecule has 1 fully saturated rings. The Bertz CT molecular complexity index is 945. The van der Waals surface area contributed by atoms with E-state index in [-0.39, 0.29) is 28.9 Å². The smallest absolute Gasteiger partial charge is 0.258 e. The molecule has 1 atom stereocenters. The SMILES string of the molecule is Cc1ccc([N+](=O)[O-])cc1S(=O)(=O)N1CCCCC(c2ccc(F)cc2)C1. The van der Waals surface area contributed by atoms with Crippen LogP contribution in [0, 0.1) is 22.9 Å². The van der Waals surface area contributed by atoms with Crippen molar-refractivity contribution in [3.05, 3.63) is 69.5 Å². The summed E-state index contributed by atoms with van der Waals surface area (Å²) in [4.78, 5) is 10.4. The van der Waals surface area contributed by atoms with Crippen molar-refractivity contribution in [2.45, 2.75) is 37.0 Å². The molecule has 0 N–H and O–H groups in total. The number of sulfonamides is 1. The van der Waals surface area contributed by atoms with Gasteiger partial charge in [-0.15, -0.1) is 0 Å². The molecule has 2 aromatic rings. The van der Waals surface area contributed by atoms with Gasteiger partial charge in [-0.2, -0.15) is 4.31 Å². The van der Waals surface area contributed by atoms with Gasteiger partial charge in [-0.05, 0) is 48.9 Å². The molecule has 1 unspecified atom stereocenters. The van der Waals surface area contributed by atoms with Crippen LogP contribution < -0.4 is 0 Å². The number of hydrogen-bond acceptors (Lipinski definition) is 4. The lowest BCUT2D eigenvalue weighted by atomic mass is 9.95. The average Bonchev–Trinajstić information content (AvgIpc) is 2.89. The first-order chi connectivity index (χ1) is 12.8. The molecule has 0 amide bonds. The number of halogens is 1. The Kier molecular flexibility index (Phi) is 5.57. The molecule has 144 valence electrons. The van der Waals surface area contributed by atoms with Crippen molar-refractivity contribution in [1.82, 2.24) is 4.31 Å². The van der Waals surface area contributed by atoms with E-state index in [1.165, 1.54) is 28.6 Å². The maximum absolute atomic E-state index is 13.2. The van der Waals surface area contributed by atoms with Crippen molar-refractivity contribution >= 4 is 15.7 Å². The summed E-state index contributed by atoms with van der Waals surface area (Å²) in [6.45, 7) is 2.27. The van der Waals surface area contributed by atoms with Gasteiger partial charge in [0.15, 0.2) is 0 Å². The molecule has 0 aliphatic carbocycles. The first kappa shape index (κ1) is 19.4. The van der Waals surface area contributed by atoms with Gasteiger partial charge in [-0.3, -0.25) is 10.1 Å². The minimum atomic E-state index is -3.87. The third-order valence-electron chi connectivity index (χ3n) is 4.98. The molecule has 0 saturated carbocycles. The lowest BCUT2D eigenvalue weighted by molar-refractivity contribution is -0.385. The van der Waals surface area contributed by atoms with Crippen molar-refractivity contribution < 1.29 is 17.7 Å².